The Bertz CT molecular complexity index is 1400. The van der Waals surface area contributed by atoms with Crippen LogP contribution in [0.2, 0.25) is 0 Å². The fraction of sp³-hybridized carbons (Fsp3) is 0.667. The van der Waals surface area contributed by atoms with E-state index < -0.39 is 53.1 Å². The molecule has 1 aliphatic heterocycles. The van der Waals surface area contributed by atoms with E-state index in [0.29, 0.717) is 25.4 Å². The van der Waals surface area contributed by atoms with E-state index >= 15 is 0 Å². The summed E-state index contributed by atoms with van der Waals surface area (Å²) in [5.74, 6) is -2.46. The van der Waals surface area contributed by atoms with E-state index in [2.05, 4.69) is 34.7 Å². The third kappa shape index (κ3) is 10.2. The summed E-state index contributed by atoms with van der Waals surface area (Å²) in [5.41, 5.74) is 6.57. The minimum atomic E-state index is -1.10. The number of nitrogens with one attached hydrogen (secondary N) is 3. The van der Waals surface area contributed by atoms with Crippen molar-refractivity contribution in [2.45, 2.75) is 117 Å². The topological polar surface area (TPSA) is 160 Å². The summed E-state index contributed by atoms with van der Waals surface area (Å²) >= 11 is 0. The zero-order valence-corrected chi connectivity index (χ0v) is 31.0. The van der Waals surface area contributed by atoms with Crippen molar-refractivity contribution in [2.24, 2.45) is 40.7 Å². The Morgan fingerprint density at radius 3 is 2.10 bits per heavy atom. The number of ether oxygens (including phenoxy) is 1. The lowest BCUT2D eigenvalue weighted by Gasteiger charge is -2.37. The zero-order valence-electron chi connectivity index (χ0n) is 31.0. The number of Topliss-reactive ketones (excluding diaryl/α,β-unsaturated/α-hetero) is 1. The van der Waals surface area contributed by atoms with Gasteiger partial charge in [-0.3, -0.25) is 19.2 Å². The molecule has 0 aromatic heterocycles. The molecule has 11 nitrogen and oxygen atoms in total. The molecule has 4 rings (SSSR count). The first-order valence-electron chi connectivity index (χ1n) is 18.4. The lowest BCUT2D eigenvalue weighted by atomic mass is 9.84. The predicted molar refractivity (Wildman–Crippen MR) is 192 cm³/mol. The number of benzene rings is 1. The van der Waals surface area contributed by atoms with Crippen LogP contribution in [0.25, 0.3) is 0 Å². The second-order valence-electron chi connectivity index (χ2n) is 16.3. The number of rotatable bonds is 17. The largest absolute Gasteiger partial charge is 0.371 e. The van der Waals surface area contributed by atoms with Gasteiger partial charge in [-0.1, -0.05) is 104 Å². The fourth-order valence-electron chi connectivity index (χ4n) is 6.84. The molecule has 3 aliphatic rings. The van der Waals surface area contributed by atoms with Crippen LogP contribution in [-0.2, 0) is 23.9 Å². The first-order valence-corrected chi connectivity index (χ1v) is 18.4. The van der Waals surface area contributed by atoms with Crippen LogP contribution < -0.4 is 21.7 Å². The van der Waals surface area contributed by atoms with Gasteiger partial charge >= 0.3 is 6.03 Å². The highest BCUT2D eigenvalue weighted by molar-refractivity contribution is 6.37. The molecule has 1 heterocycles. The van der Waals surface area contributed by atoms with E-state index in [9.17, 15) is 24.0 Å². The van der Waals surface area contributed by atoms with Crippen molar-refractivity contribution in [3.8, 4) is 0 Å². The summed E-state index contributed by atoms with van der Waals surface area (Å²) in [6, 6.07) is 6.33. The maximum Gasteiger partial charge on any atom is 0.315 e. The number of carbonyl (C=O) groups excluding carboxylic acids is 5. The van der Waals surface area contributed by atoms with Gasteiger partial charge in [-0.2, -0.15) is 0 Å². The van der Waals surface area contributed by atoms with Crippen LogP contribution in [0.4, 0.5) is 4.79 Å². The third-order valence-corrected chi connectivity index (χ3v) is 10.5. The van der Waals surface area contributed by atoms with E-state index in [1.54, 1.807) is 0 Å². The molecule has 5 amide bonds. The molecule has 50 heavy (non-hydrogen) atoms. The SMILES string of the molecule is C=C(C(C)C)[C@H]1CCN(C(=O)[C@@H](NC(=O)N[C@H](COC(c2ccccc2)C2CC2)C(C)C)C(C)(C)C)[C@@H]1C(=O)NC(CC1CC1)C(=O)C(N)=O. The van der Waals surface area contributed by atoms with Crippen LogP contribution in [0.15, 0.2) is 42.5 Å². The number of hydrogen-bond donors (Lipinski definition) is 4. The van der Waals surface area contributed by atoms with E-state index in [1.807, 2.05) is 66.7 Å². The lowest BCUT2D eigenvalue weighted by Crippen LogP contribution is -2.61. The van der Waals surface area contributed by atoms with E-state index in [-0.39, 0.29) is 42.4 Å². The molecule has 2 unspecified atom stereocenters. The predicted octanol–water partition coefficient (Wildman–Crippen LogP) is 4.66. The molecule has 2 saturated carbocycles. The van der Waals surface area contributed by atoms with Gasteiger partial charge in [0, 0.05) is 12.5 Å². The molecule has 11 heteroatoms. The molecular weight excluding hydrogens is 634 g/mol. The third-order valence-electron chi connectivity index (χ3n) is 10.5. The molecule has 0 radical (unpaired) electrons. The number of likely N-dealkylation sites (tertiary alicyclic amines) is 1. The number of nitrogens with zero attached hydrogens (tertiary/aromatic N) is 1. The monoisotopic (exact) mass is 693 g/mol. The minimum absolute atomic E-state index is 0.0405. The molecule has 276 valence electrons. The van der Waals surface area contributed by atoms with Crippen molar-refractivity contribution in [1.29, 1.82) is 0 Å². The van der Waals surface area contributed by atoms with E-state index in [1.165, 1.54) is 4.90 Å². The van der Waals surface area contributed by atoms with Gasteiger partial charge in [0.25, 0.3) is 5.91 Å². The first-order chi connectivity index (χ1) is 23.5. The molecule has 0 spiro atoms. The summed E-state index contributed by atoms with van der Waals surface area (Å²) in [5, 5.41) is 8.79. The number of ketones is 1. The van der Waals surface area contributed by atoms with Gasteiger partial charge in [0.15, 0.2) is 0 Å². The molecule has 6 atom stereocenters. The molecule has 1 aromatic rings. The van der Waals surface area contributed by atoms with Gasteiger partial charge in [-0.05, 0) is 60.3 Å². The van der Waals surface area contributed by atoms with Crippen LogP contribution in [0.1, 0.15) is 98.7 Å². The minimum Gasteiger partial charge on any atom is -0.371 e. The summed E-state index contributed by atoms with van der Waals surface area (Å²) in [4.78, 5) is 68.3. The molecule has 3 fully saturated rings. The van der Waals surface area contributed by atoms with Crippen LogP contribution in [0, 0.1) is 35.0 Å². The summed E-state index contributed by atoms with van der Waals surface area (Å²) in [7, 11) is 0. The Morgan fingerprint density at radius 2 is 1.58 bits per heavy atom. The number of nitrogens with two attached hydrogens (primary N) is 1. The first kappa shape index (κ1) is 39.1. The number of carbonyl (C=O) groups is 5. The lowest BCUT2D eigenvalue weighted by molar-refractivity contribution is -0.144. The van der Waals surface area contributed by atoms with E-state index in [4.69, 9.17) is 10.5 Å². The summed E-state index contributed by atoms with van der Waals surface area (Å²) in [6.07, 6.45) is 4.83. The average molecular weight is 694 g/mol. The molecule has 0 bridgehead atoms. The maximum absolute atomic E-state index is 14.5. The van der Waals surface area contributed by atoms with Crippen LogP contribution in [0.3, 0.4) is 0 Å². The Morgan fingerprint density at radius 1 is 0.940 bits per heavy atom. The molecular formula is C39H59N5O6. The zero-order chi connectivity index (χ0) is 36.9. The second-order valence-corrected chi connectivity index (χ2v) is 16.3. The second kappa shape index (κ2) is 16.5. The van der Waals surface area contributed by atoms with Gasteiger partial charge in [0.1, 0.15) is 12.1 Å². The van der Waals surface area contributed by atoms with Crippen molar-refractivity contribution in [3.05, 3.63) is 48.0 Å². The normalized spacial score (nSPS) is 21.7. The summed E-state index contributed by atoms with van der Waals surface area (Å²) < 4.78 is 6.44. The summed E-state index contributed by atoms with van der Waals surface area (Å²) in [6.45, 7) is 18.5. The van der Waals surface area contributed by atoms with Gasteiger partial charge in [-0.15, -0.1) is 0 Å². The van der Waals surface area contributed by atoms with Crippen molar-refractivity contribution >= 4 is 29.5 Å². The van der Waals surface area contributed by atoms with E-state index in [0.717, 1.165) is 36.8 Å². The van der Waals surface area contributed by atoms with Crippen LogP contribution >= 0.6 is 0 Å². The van der Waals surface area contributed by atoms with Gasteiger partial charge in [0.2, 0.25) is 17.6 Å². The molecule has 1 aromatic carbocycles. The highest BCUT2D eigenvalue weighted by Crippen LogP contribution is 2.43. The van der Waals surface area contributed by atoms with Gasteiger partial charge < -0.3 is 31.3 Å². The van der Waals surface area contributed by atoms with Crippen molar-refractivity contribution in [2.75, 3.05) is 13.2 Å². The van der Waals surface area contributed by atoms with Crippen molar-refractivity contribution < 1.29 is 28.7 Å². The smallest absolute Gasteiger partial charge is 0.315 e. The van der Waals surface area contributed by atoms with Crippen LogP contribution in [-0.4, -0.2) is 71.8 Å². The highest BCUT2D eigenvalue weighted by atomic mass is 16.5. The Kier molecular flexibility index (Phi) is 12.9. The quantitative estimate of drug-likeness (QED) is 0.137. The number of amides is 5. The standard InChI is InChI=1S/C39H59N5O6/c1-22(2)24(5)28-18-19-44(31(28)36(47)41-29(20-25-14-15-25)32(45)35(40)46)37(48)34(39(6,7)8)43-38(49)42-30(23(3)4)21-50-33(27-16-17-27)26-12-10-9-11-13-26/h9-13,22-23,25,27-31,33-34H,5,14-21H2,1-4,6-8H3,(H2,40,46)(H,41,47)(H2,42,43,49)/t28-,29?,30-,31+,33?,34-/m1/s1. The van der Waals surface area contributed by atoms with Crippen molar-refractivity contribution in [3.63, 3.8) is 0 Å². The number of urea groups is 1. The Hall–Kier alpha value is -3.73. The Balaban J connectivity index is 1.50. The number of primary amides is 1. The average Bonchev–Trinajstić information content (AvgIpc) is 4.00. The maximum atomic E-state index is 14.5. The molecule has 5 N–H and O–H groups in total. The fourth-order valence-corrected chi connectivity index (χ4v) is 6.84. The van der Waals surface area contributed by atoms with Crippen molar-refractivity contribution in [1.82, 2.24) is 20.9 Å². The van der Waals surface area contributed by atoms with Gasteiger partial charge in [-0.25, -0.2) is 4.79 Å². The number of hydrogen-bond acceptors (Lipinski definition) is 6. The van der Waals surface area contributed by atoms with Gasteiger partial charge in [0.05, 0.1) is 24.8 Å². The highest BCUT2D eigenvalue weighted by Gasteiger charge is 2.48. The Labute approximate surface area is 297 Å². The molecule has 2 aliphatic carbocycles. The van der Waals surface area contributed by atoms with Crippen LogP contribution in [0.5, 0.6) is 0 Å². The molecule has 1 saturated heterocycles.